The van der Waals surface area contributed by atoms with Gasteiger partial charge in [0.15, 0.2) is 0 Å². The zero-order valence-electron chi connectivity index (χ0n) is 18.4. The van der Waals surface area contributed by atoms with E-state index in [1.807, 2.05) is 80.6 Å². The van der Waals surface area contributed by atoms with Gasteiger partial charge in [-0.25, -0.2) is 0 Å². The van der Waals surface area contributed by atoms with Crippen molar-refractivity contribution in [2.45, 2.75) is 25.5 Å². The molecule has 1 atom stereocenters. The Morgan fingerprint density at radius 1 is 1.03 bits per heavy atom. The number of hydrogen-bond acceptors (Lipinski definition) is 4. The highest BCUT2D eigenvalue weighted by Gasteiger charge is 2.40. The second-order valence-corrected chi connectivity index (χ2v) is 9.06. The van der Waals surface area contributed by atoms with Gasteiger partial charge in [-0.3, -0.25) is 14.5 Å². The van der Waals surface area contributed by atoms with Crippen LogP contribution in [0, 0.1) is 25.2 Å². The van der Waals surface area contributed by atoms with Crippen LogP contribution in [0.1, 0.15) is 16.7 Å². The Kier molecular flexibility index (Phi) is 6.62. The molecule has 1 heterocycles. The summed E-state index contributed by atoms with van der Waals surface area (Å²) in [6.07, 6.45) is 0.508. The number of benzene rings is 3. The van der Waals surface area contributed by atoms with E-state index in [0.717, 1.165) is 16.7 Å². The Morgan fingerprint density at radius 3 is 2.36 bits per heavy atom. The monoisotopic (exact) mass is 453 g/mol. The van der Waals surface area contributed by atoms with Crippen molar-refractivity contribution in [3.8, 4) is 6.07 Å². The lowest BCUT2D eigenvalue weighted by Crippen LogP contribution is -2.30. The first-order valence-corrected chi connectivity index (χ1v) is 11.5. The molecule has 1 aliphatic rings. The van der Waals surface area contributed by atoms with Gasteiger partial charge in [0.05, 0.1) is 5.25 Å². The molecule has 0 spiro atoms. The number of nitriles is 1. The van der Waals surface area contributed by atoms with Crippen molar-refractivity contribution in [3.63, 3.8) is 0 Å². The molecule has 2 amide bonds. The number of hydrogen-bond donors (Lipinski definition) is 1. The van der Waals surface area contributed by atoms with E-state index in [4.69, 9.17) is 0 Å². The molecule has 0 radical (unpaired) electrons. The van der Waals surface area contributed by atoms with Crippen LogP contribution in [0.4, 0.5) is 11.4 Å². The number of carbonyl (C=O) groups excluding carboxylic acids is 2. The molecule has 5 nitrogen and oxygen atoms in total. The van der Waals surface area contributed by atoms with E-state index in [1.54, 1.807) is 12.1 Å². The van der Waals surface area contributed by atoms with Crippen molar-refractivity contribution < 1.29 is 9.59 Å². The van der Waals surface area contributed by atoms with Crippen molar-refractivity contribution in [1.82, 2.24) is 0 Å². The second-order valence-electron chi connectivity index (χ2n) is 7.87. The molecule has 1 N–H and O–H groups in total. The molecule has 1 aliphatic heterocycles. The highest BCUT2D eigenvalue weighted by molar-refractivity contribution is 8.05. The fraction of sp³-hybridized carbons (Fsp3) is 0.148. The molecule has 0 saturated carbocycles. The van der Waals surface area contributed by atoms with Crippen LogP contribution in [0.2, 0.25) is 0 Å². The van der Waals surface area contributed by atoms with Gasteiger partial charge >= 0.3 is 0 Å². The number of thioether (sulfide) groups is 1. The fourth-order valence-corrected chi connectivity index (χ4v) is 4.99. The molecule has 3 aromatic carbocycles. The van der Waals surface area contributed by atoms with Gasteiger partial charge in [0.25, 0.3) is 5.91 Å². The molecule has 6 heteroatoms. The van der Waals surface area contributed by atoms with E-state index in [0.29, 0.717) is 22.8 Å². The molecular formula is C27H23N3O2S. The Bertz CT molecular complexity index is 1260. The van der Waals surface area contributed by atoms with E-state index in [2.05, 4.69) is 11.4 Å². The number of nitrogens with one attached hydrogen (secondary N) is 1. The molecule has 0 bridgehead atoms. The first kappa shape index (κ1) is 22.4. The lowest BCUT2D eigenvalue weighted by Gasteiger charge is -2.19. The molecule has 0 aliphatic carbocycles. The highest BCUT2D eigenvalue weighted by atomic mass is 32.2. The van der Waals surface area contributed by atoms with Gasteiger partial charge in [0.1, 0.15) is 16.7 Å². The van der Waals surface area contributed by atoms with Crippen LogP contribution >= 0.6 is 11.8 Å². The zero-order valence-corrected chi connectivity index (χ0v) is 19.2. The molecule has 33 heavy (non-hydrogen) atoms. The van der Waals surface area contributed by atoms with Crippen molar-refractivity contribution in [2.24, 2.45) is 0 Å². The van der Waals surface area contributed by atoms with E-state index in [1.165, 1.54) is 16.7 Å². The van der Waals surface area contributed by atoms with Crippen molar-refractivity contribution in [1.29, 1.82) is 5.26 Å². The molecule has 0 unspecified atom stereocenters. The number of nitrogens with zero attached hydrogens (tertiary/aromatic N) is 2. The SMILES string of the molecule is Cc1ccc(C)c(NC(=O)/C(C#N)=C2/S[C@H](Cc3ccccc3)C(=O)N2c2ccccc2)c1. The maximum Gasteiger partial charge on any atom is 0.269 e. The van der Waals surface area contributed by atoms with Crippen LogP contribution in [-0.4, -0.2) is 17.1 Å². The number of rotatable bonds is 5. The quantitative estimate of drug-likeness (QED) is 0.416. The van der Waals surface area contributed by atoms with Crippen LogP contribution in [0.3, 0.4) is 0 Å². The smallest absolute Gasteiger partial charge is 0.269 e. The van der Waals surface area contributed by atoms with Crippen LogP contribution < -0.4 is 10.2 Å². The van der Waals surface area contributed by atoms with E-state index in [-0.39, 0.29) is 11.5 Å². The van der Waals surface area contributed by atoms with E-state index < -0.39 is 11.2 Å². The minimum absolute atomic E-state index is 0.0753. The van der Waals surface area contributed by atoms with Crippen LogP contribution in [0.15, 0.2) is 89.5 Å². The Morgan fingerprint density at radius 2 is 1.70 bits per heavy atom. The van der Waals surface area contributed by atoms with Gasteiger partial charge in [-0.2, -0.15) is 5.26 Å². The zero-order chi connectivity index (χ0) is 23.4. The second kappa shape index (κ2) is 9.76. The van der Waals surface area contributed by atoms with Crippen molar-refractivity contribution >= 4 is 35.0 Å². The van der Waals surface area contributed by atoms with Gasteiger partial charge in [-0.15, -0.1) is 0 Å². The molecule has 0 aromatic heterocycles. The summed E-state index contributed by atoms with van der Waals surface area (Å²) in [5, 5.41) is 12.8. The summed E-state index contributed by atoms with van der Waals surface area (Å²) in [5.41, 5.74) is 4.13. The third-order valence-corrected chi connectivity index (χ3v) is 6.69. The van der Waals surface area contributed by atoms with Gasteiger partial charge < -0.3 is 5.32 Å². The third kappa shape index (κ3) is 4.84. The molecule has 1 fully saturated rings. The maximum atomic E-state index is 13.5. The summed E-state index contributed by atoms with van der Waals surface area (Å²) in [6, 6.07) is 26.7. The molecule has 4 rings (SSSR count). The first-order chi connectivity index (χ1) is 16.0. The largest absolute Gasteiger partial charge is 0.321 e. The summed E-state index contributed by atoms with van der Waals surface area (Å²) in [6.45, 7) is 3.84. The van der Waals surface area contributed by atoms with Crippen LogP contribution in [0.5, 0.6) is 0 Å². The number of amides is 2. The van der Waals surface area contributed by atoms with Gasteiger partial charge in [-0.1, -0.05) is 72.4 Å². The van der Waals surface area contributed by atoms with Crippen molar-refractivity contribution in [2.75, 3.05) is 10.2 Å². The number of carbonyl (C=O) groups is 2. The number of anilines is 2. The third-order valence-electron chi connectivity index (χ3n) is 5.43. The molecule has 3 aromatic rings. The fourth-order valence-electron chi connectivity index (χ4n) is 3.68. The molecular weight excluding hydrogens is 430 g/mol. The highest BCUT2D eigenvalue weighted by Crippen LogP contribution is 2.42. The van der Waals surface area contributed by atoms with E-state index >= 15 is 0 Å². The minimum atomic E-state index is -0.525. The van der Waals surface area contributed by atoms with Crippen LogP contribution in [-0.2, 0) is 16.0 Å². The Balaban J connectivity index is 1.73. The van der Waals surface area contributed by atoms with Gasteiger partial charge in [0, 0.05) is 11.4 Å². The average molecular weight is 454 g/mol. The Labute approximate surface area is 197 Å². The average Bonchev–Trinajstić information content (AvgIpc) is 3.13. The van der Waals surface area contributed by atoms with Gasteiger partial charge in [0.2, 0.25) is 5.91 Å². The number of para-hydroxylation sites is 1. The predicted octanol–water partition coefficient (Wildman–Crippen LogP) is 5.37. The van der Waals surface area contributed by atoms with Gasteiger partial charge in [-0.05, 0) is 55.2 Å². The minimum Gasteiger partial charge on any atom is -0.321 e. The summed E-state index contributed by atoms with van der Waals surface area (Å²) >= 11 is 1.27. The summed E-state index contributed by atoms with van der Waals surface area (Å²) in [7, 11) is 0. The number of aryl methyl sites for hydroxylation is 2. The van der Waals surface area contributed by atoms with Crippen molar-refractivity contribution in [3.05, 3.63) is 106 Å². The molecule has 164 valence electrons. The predicted molar refractivity (Wildman–Crippen MR) is 133 cm³/mol. The summed E-state index contributed by atoms with van der Waals surface area (Å²) in [5.74, 6) is -0.667. The van der Waals surface area contributed by atoms with E-state index in [9.17, 15) is 14.9 Å². The maximum absolute atomic E-state index is 13.5. The van der Waals surface area contributed by atoms with Crippen LogP contribution in [0.25, 0.3) is 0 Å². The standard InChI is InChI=1S/C27H23N3O2S/c1-18-13-14-19(2)23(15-18)29-25(31)22(17-28)27-30(21-11-7-4-8-12-21)26(32)24(33-27)16-20-9-5-3-6-10-20/h3-15,24H,16H2,1-2H3,(H,29,31)/b27-22+/t24-/m1/s1. The summed E-state index contributed by atoms with van der Waals surface area (Å²) < 4.78 is 0. The Hall–Kier alpha value is -3.82. The lowest BCUT2D eigenvalue weighted by atomic mass is 10.1. The normalized spacial score (nSPS) is 16.9. The topological polar surface area (TPSA) is 73.2 Å². The summed E-state index contributed by atoms with van der Waals surface area (Å²) in [4.78, 5) is 28.2. The molecule has 1 saturated heterocycles. The first-order valence-electron chi connectivity index (χ1n) is 10.6. The lowest BCUT2D eigenvalue weighted by molar-refractivity contribution is -0.117.